The van der Waals surface area contributed by atoms with Crippen LogP contribution in [0.1, 0.15) is 22.9 Å². The van der Waals surface area contributed by atoms with E-state index in [9.17, 15) is 0 Å². The van der Waals surface area contributed by atoms with Crippen molar-refractivity contribution in [2.45, 2.75) is 26.9 Å². The molecule has 1 aromatic heterocycles. The van der Waals surface area contributed by atoms with E-state index in [2.05, 4.69) is 22.0 Å². The van der Waals surface area contributed by atoms with Crippen LogP contribution in [0.4, 0.5) is 0 Å². The molecule has 0 amide bonds. The van der Waals surface area contributed by atoms with Gasteiger partial charge in [-0.25, -0.2) is 4.98 Å². The summed E-state index contributed by atoms with van der Waals surface area (Å²) < 4.78 is 5.59. The average molecular weight is 260 g/mol. The van der Waals surface area contributed by atoms with Gasteiger partial charge in [-0.15, -0.1) is 0 Å². The highest BCUT2D eigenvalue weighted by Crippen LogP contribution is 2.12. The summed E-state index contributed by atoms with van der Waals surface area (Å²) in [6, 6.07) is 10.2. The highest BCUT2D eigenvalue weighted by molar-refractivity contribution is 5.14. The van der Waals surface area contributed by atoms with E-state index >= 15 is 0 Å². The monoisotopic (exact) mass is 260 g/mol. The normalized spacial score (nSPS) is 11.2. The Morgan fingerprint density at radius 1 is 1.16 bits per heavy atom. The van der Waals surface area contributed by atoms with Gasteiger partial charge in [0.25, 0.3) is 0 Å². The molecule has 0 spiro atoms. The number of hydrogen-bond donors (Lipinski definition) is 1. The van der Waals surface area contributed by atoms with E-state index in [-0.39, 0.29) is 6.61 Å². The van der Waals surface area contributed by atoms with E-state index in [1.807, 2.05) is 32.0 Å². The Balaban J connectivity index is 2.03. The van der Waals surface area contributed by atoms with Crippen LogP contribution in [0, 0.1) is 13.8 Å². The first-order chi connectivity index (χ1) is 9.19. The molecule has 0 unspecified atom stereocenters. The molecule has 2 rings (SSSR count). The third kappa shape index (κ3) is 3.91. The summed E-state index contributed by atoms with van der Waals surface area (Å²) in [6.07, 6.45) is 0. The lowest BCUT2D eigenvalue weighted by atomic mass is 10.2. The highest BCUT2D eigenvalue weighted by atomic mass is 16.4. The van der Waals surface area contributed by atoms with Crippen molar-refractivity contribution in [1.82, 2.24) is 9.88 Å². The second kappa shape index (κ2) is 6.50. The van der Waals surface area contributed by atoms with Crippen LogP contribution in [0.5, 0.6) is 0 Å². The minimum Gasteiger partial charge on any atom is -0.444 e. The second-order valence-corrected chi connectivity index (χ2v) is 4.67. The van der Waals surface area contributed by atoms with Crippen LogP contribution in [0.25, 0.3) is 0 Å². The number of rotatable bonds is 6. The molecule has 0 atom stereocenters. The van der Waals surface area contributed by atoms with Gasteiger partial charge in [-0.05, 0) is 19.4 Å². The Labute approximate surface area is 113 Å². The number of benzene rings is 1. The summed E-state index contributed by atoms with van der Waals surface area (Å²) in [6.45, 7) is 5.99. The molecule has 1 heterocycles. The van der Waals surface area contributed by atoms with Crippen molar-refractivity contribution >= 4 is 0 Å². The van der Waals surface area contributed by atoms with Crippen LogP contribution in [-0.2, 0) is 13.1 Å². The maximum atomic E-state index is 9.16. The molecular weight excluding hydrogens is 240 g/mol. The van der Waals surface area contributed by atoms with Crippen molar-refractivity contribution in [3.63, 3.8) is 0 Å². The third-order valence-corrected chi connectivity index (χ3v) is 3.10. The highest BCUT2D eigenvalue weighted by Gasteiger charge is 2.11. The Kier molecular flexibility index (Phi) is 4.71. The lowest BCUT2D eigenvalue weighted by molar-refractivity contribution is 0.172. The molecule has 0 aliphatic rings. The smallest absolute Gasteiger partial charge is 0.208 e. The lowest BCUT2D eigenvalue weighted by Crippen LogP contribution is -2.26. The van der Waals surface area contributed by atoms with Crippen LogP contribution < -0.4 is 0 Å². The summed E-state index contributed by atoms with van der Waals surface area (Å²) in [5, 5.41) is 9.16. The molecule has 0 aliphatic heterocycles. The van der Waals surface area contributed by atoms with Crippen molar-refractivity contribution < 1.29 is 9.52 Å². The summed E-state index contributed by atoms with van der Waals surface area (Å²) >= 11 is 0. The molecule has 0 radical (unpaired) electrons. The van der Waals surface area contributed by atoms with E-state index < -0.39 is 0 Å². The van der Waals surface area contributed by atoms with Gasteiger partial charge >= 0.3 is 0 Å². The first-order valence-corrected chi connectivity index (χ1v) is 6.49. The van der Waals surface area contributed by atoms with Crippen molar-refractivity contribution in [3.8, 4) is 0 Å². The predicted molar refractivity (Wildman–Crippen MR) is 73.6 cm³/mol. The number of aliphatic hydroxyl groups excluding tert-OH is 1. The molecule has 0 aliphatic carbocycles. The minimum atomic E-state index is 0.130. The maximum absolute atomic E-state index is 9.16. The van der Waals surface area contributed by atoms with Gasteiger partial charge in [0.15, 0.2) is 0 Å². The van der Waals surface area contributed by atoms with E-state index in [1.54, 1.807) is 0 Å². The molecule has 0 saturated carbocycles. The zero-order chi connectivity index (χ0) is 13.7. The second-order valence-electron chi connectivity index (χ2n) is 4.67. The number of hydrogen-bond acceptors (Lipinski definition) is 4. The minimum absolute atomic E-state index is 0.130. The Hall–Kier alpha value is -1.65. The van der Waals surface area contributed by atoms with Crippen LogP contribution in [-0.4, -0.2) is 28.1 Å². The zero-order valence-electron chi connectivity index (χ0n) is 11.5. The van der Waals surface area contributed by atoms with Crippen molar-refractivity contribution in [1.29, 1.82) is 0 Å². The number of aryl methyl sites for hydroxylation is 2. The molecule has 0 fully saturated rings. The van der Waals surface area contributed by atoms with Gasteiger partial charge < -0.3 is 9.52 Å². The van der Waals surface area contributed by atoms with Gasteiger partial charge in [-0.3, -0.25) is 4.90 Å². The number of oxazole rings is 1. The molecule has 4 nitrogen and oxygen atoms in total. The van der Waals surface area contributed by atoms with Crippen LogP contribution in [0.2, 0.25) is 0 Å². The largest absolute Gasteiger partial charge is 0.444 e. The Morgan fingerprint density at radius 3 is 2.47 bits per heavy atom. The third-order valence-electron chi connectivity index (χ3n) is 3.10. The Bertz CT molecular complexity index is 489. The van der Waals surface area contributed by atoms with E-state index in [4.69, 9.17) is 9.52 Å². The fourth-order valence-corrected chi connectivity index (χ4v) is 2.00. The number of aromatic nitrogens is 1. The van der Waals surface area contributed by atoms with Gasteiger partial charge in [0.2, 0.25) is 5.89 Å². The zero-order valence-corrected chi connectivity index (χ0v) is 11.5. The van der Waals surface area contributed by atoms with E-state index in [0.717, 1.165) is 18.0 Å². The molecule has 19 heavy (non-hydrogen) atoms. The van der Waals surface area contributed by atoms with Crippen LogP contribution in [0.3, 0.4) is 0 Å². The first kappa shape index (κ1) is 13.8. The van der Waals surface area contributed by atoms with Gasteiger partial charge in [0.1, 0.15) is 5.76 Å². The van der Waals surface area contributed by atoms with Crippen molar-refractivity contribution in [2.75, 3.05) is 13.2 Å². The molecule has 4 heteroatoms. The van der Waals surface area contributed by atoms with Gasteiger partial charge in [-0.2, -0.15) is 0 Å². The average Bonchev–Trinajstić information content (AvgIpc) is 2.70. The van der Waals surface area contributed by atoms with Gasteiger partial charge in [-0.1, -0.05) is 30.3 Å². The number of nitrogens with zero attached hydrogens (tertiary/aromatic N) is 2. The molecule has 102 valence electrons. The summed E-state index contributed by atoms with van der Waals surface area (Å²) in [7, 11) is 0. The quantitative estimate of drug-likeness (QED) is 0.865. The lowest BCUT2D eigenvalue weighted by Gasteiger charge is -2.19. The van der Waals surface area contributed by atoms with Crippen LogP contribution in [0.15, 0.2) is 34.7 Å². The van der Waals surface area contributed by atoms with E-state index in [1.165, 1.54) is 5.56 Å². The van der Waals surface area contributed by atoms with Gasteiger partial charge in [0, 0.05) is 13.1 Å². The van der Waals surface area contributed by atoms with Crippen LogP contribution >= 0.6 is 0 Å². The molecule has 2 aromatic rings. The fraction of sp³-hybridized carbons (Fsp3) is 0.400. The maximum Gasteiger partial charge on any atom is 0.208 e. The predicted octanol–water partition coefficient (Wildman–Crippen LogP) is 2.29. The van der Waals surface area contributed by atoms with E-state index in [0.29, 0.717) is 19.0 Å². The SMILES string of the molecule is Cc1nc(CN(CCO)Cc2ccccc2)oc1C. The van der Waals surface area contributed by atoms with Crippen molar-refractivity contribution in [3.05, 3.63) is 53.2 Å². The van der Waals surface area contributed by atoms with Gasteiger partial charge in [0.05, 0.1) is 18.8 Å². The van der Waals surface area contributed by atoms with Crippen molar-refractivity contribution in [2.24, 2.45) is 0 Å². The molecular formula is C15H20N2O2. The Morgan fingerprint density at radius 2 is 1.89 bits per heavy atom. The first-order valence-electron chi connectivity index (χ1n) is 6.49. The number of aliphatic hydroxyl groups is 1. The molecule has 1 N–H and O–H groups in total. The summed E-state index contributed by atoms with van der Waals surface area (Å²) in [5.41, 5.74) is 2.15. The standard InChI is InChI=1S/C15H20N2O2/c1-12-13(2)19-15(16-12)11-17(8-9-18)10-14-6-4-3-5-7-14/h3-7,18H,8-11H2,1-2H3. The molecule has 0 bridgehead atoms. The fourth-order valence-electron chi connectivity index (χ4n) is 2.00. The molecule has 1 aromatic carbocycles. The topological polar surface area (TPSA) is 49.5 Å². The summed E-state index contributed by atoms with van der Waals surface area (Å²) in [5.74, 6) is 1.57. The summed E-state index contributed by atoms with van der Waals surface area (Å²) in [4.78, 5) is 6.51. The molecule has 0 saturated heterocycles.